The van der Waals surface area contributed by atoms with Gasteiger partial charge in [0, 0.05) is 31.2 Å². The van der Waals surface area contributed by atoms with Crippen LogP contribution in [0.25, 0.3) is 0 Å². The largest absolute Gasteiger partial charge is 0.311 e. The van der Waals surface area contributed by atoms with Gasteiger partial charge in [0.25, 0.3) is 0 Å². The summed E-state index contributed by atoms with van der Waals surface area (Å²) in [7, 11) is 0. The quantitative estimate of drug-likeness (QED) is 0.848. The zero-order valence-corrected chi connectivity index (χ0v) is 14.8. The molecule has 122 valence electrons. The van der Waals surface area contributed by atoms with Gasteiger partial charge in [-0.2, -0.15) is 0 Å². The summed E-state index contributed by atoms with van der Waals surface area (Å²) in [5, 5.41) is 3.82. The molecule has 2 nitrogen and oxygen atoms in total. The van der Waals surface area contributed by atoms with Crippen molar-refractivity contribution < 1.29 is 0 Å². The summed E-state index contributed by atoms with van der Waals surface area (Å²) in [5.74, 6) is 4.60. The normalized spacial score (nSPS) is 42.1. The van der Waals surface area contributed by atoms with Gasteiger partial charge in [-0.3, -0.25) is 4.90 Å². The summed E-state index contributed by atoms with van der Waals surface area (Å²) in [4.78, 5) is 2.90. The Morgan fingerprint density at radius 2 is 1.71 bits per heavy atom. The lowest BCUT2D eigenvalue weighted by Crippen LogP contribution is -2.63. The standard InChI is InChI=1S/C19H36N2/c1-12(2)18-11-21(19(10-20-18)13(3)4)14(5)17-9-15-6-7-16(17)8-15/h12-20H,6-11H2,1-5H3. The summed E-state index contributed by atoms with van der Waals surface area (Å²) in [5.41, 5.74) is 0. The number of fused-ring (bicyclic) bond motifs is 2. The van der Waals surface area contributed by atoms with Crippen LogP contribution in [0.2, 0.25) is 0 Å². The van der Waals surface area contributed by atoms with Crippen molar-refractivity contribution in [2.75, 3.05) is 13.1 Å². The molecule has 0 aromatic carbocycles. The van der Waals surface area contributed by atoms with E-state index in [1.54, 1.807) is 6.42 Å². The number of rotatable bonds is 4. The predicted octanol–water partition coefficient (Wildman–Crippen LogP) is 3.77. The first kappa shape index (κ1) is 15.8. The lowest BCUT2D eigenvalue weighted by atomic mass is 9.81. The fourth-order valence-electron chi connectivity index (χ4n) is 5.48. The van der Waals surface area contributed by atoms with Crippen molar-refractivity contribution in [3.05, 3.63) is 0 Å². The van der Waals surface area contributed by atoms with Gasteiger partial charge in [-0.1, -0.05) is 34.1 Å². The smallest absolute Gasteiger partial charge is 0.0247 e. The van der Waals surface area contributed by atoms with E-state index in [1.165, 1.54) is 32.4 Å². The third-order valence-corrected chi connectivity index (χ3v) is 6.93. The maximum atomic E-state index is 3.82. The number of piperazine rings is 1. The van der Waals surface area contributed by atoms with Gasteiger partial charge in [0.15, 0.2) is 0 Å². The lowest BCUT2D eigenvalue weighted by molar-refractivity contribution is 0.0166. The fourth-order valence-corrected chi connectivity index (χ4v) is 5.48. The summed E-state index contributed by atoms with van der Waals surface area (Å²) in [6.07, 6.45) is 6.11. The Kier molecular flexibility index (Phi) is 4.66. The van der Waals surface area contributed by atoms with Crippen LogP contribution in [0, 0.1) is 29.6 Å². The van der Waals surface area contributed by atoms with Crippen molar-refractivity contribution in [3.8, 4) is 0 Å². The van der Waals surface area contributed by atoms with Gasteiger partial charge < -0.3 is 5.32 Å². The Bertz CT molecular complexity index is 351. The number of hydrogen-bond acceptors (Lipinski definition) is 2. The van der Waals surface area contributed by atoms with Crippen molar-refractivity contribution in [1.82, 2.24) is 10.2 Å². The molecule has 0 amide bonds. The van der Waals surface area contributed by atoms with Gasteiger partial charge in [0.05, 0.1) is 0 Å². The fraction of sp³-hybridized carbons (Fsp3) is 1.00. The van der Waals surface area contributed by atoms with Crippen molar-refractivity contribution in [1.29, 1.82) is 0 Å². The summed E-state index contributed by atoms with van der Waals surface area (Å²) >= 11 is 0. The first-order chi connectivity index (χ1) is 9.97. The third-order valence-electron chi connectivity index (χ3n) is 6.93. The monoisotopic (exact) mass is 292 g/mol. The average molecular weight is 293 g/mol. The van der Waals surface area contributed by atoms with Crippen molar-refractivity contribution >= 4 is 0 Å². The molecule has 21 heavy (non-hydrogen) atoms. The van der Waals surface area contributed by atoms with Crippen LogP contribution >= 0.6 is 0 Å². The second-order valence-electron chi connectivity index (χ2n) is 8.85. The highest BCUT2D eigenvalue weighted by Gasteiger charge is 2.45. The number of nitrogens with zero attached hydrogens (tertiary/aromatic N) is 1. The maximum absolute atomic E-state index is 3.82. The Hall–Kier alpha value is -0.0800. The Morgan fingerprint density at radius 3 is 2.24 bits per heavy atom. The van der Waals surface area contributed by atoms with E-state index < -0.39 is 0 Å². The van der Waals surface area contributed by atoms with Crippen molar-refractivity contribution in [2.24, 2.45) is 29.6 Å². The third kappa shape index (κ3) is 3.03. The van der Waals surface area contributed by atoms with E-state index in [9.17, 15) is 0 Å². The van der Waals surface area contributed by atoms with Crippen LogP contribution in [0.15, 0.2) is 0 Å². The minimum Gasteiger partial charge on any atom is -0.311 e. The highest BCUT2D eigenvalue weighted by Crippen LogP contribution is 2.50. The second-order valence-corrected chi connectivity index (χ2v) is 8.85. The summed E-state index contributed by atoms with van der Waals surface area (Å²) in [6.45, 7) is 14.5. The molecule has 6 atom stereocenters. The van der Waals surface area contributed by atoms with Gasteiger partial charge in [-0.25, -0.2) is 0 Å². The summed E-state index contributed by atoms with van der Waals surface area (Å²) < 4.78 is 0. The Labute approximate surface area is 132 Å². The minimum atomic E-state index is 0.682. The molecule has 2 aliphatic carbocycles. The highest BCUT2D eigenvalue weighted by molar-refractivity contribution is 4.99. The summed E-state index contributed by atoms with van der Waals surface area (Å²) in [6, 6.07) is 2.20. The van der Waals surface area contributed by atoms with Crippen LogP contribution < -0.4 is 5.32 Å². The molecule has 0 aromatic rings. The van der Waals surface area contributed by atoms with Crippen LogP contribution in [0.5, 0.6) is 0 Å². The van der Waals surface area contributed by atoms with Crippen LogP contribution in [0.4, 0.5) is 0 Å². The van der Waals surface area contributed by atoms with Gasteiger partial charge in [-0.05, 0) is 55.8 Å². The van der Waals surface area contributed by atoms with Crippen LogP contribution in [0.3, 0.4) is 0 Å². The average Bonchev–Trinajstić information content (AvgIpc) is 3.08. The van der Waals surface area contributed by atoms with E-state index in [-0.39, 0.29) is 0 Å². The molecule has 3 rings (SSSR count). The number of hydrogen-bond donors (Lipinski definition) is 1. The van der Waals surface area contributed by atoms with E-state index in [2.05, 4.69) is 44.8 Å². The predicted molar refractivity (Wildman–Crippen MR) is 90.4 cm³/mol. The second kappa shape index (κ2) is 6.20. The van der Waals surface area contributed by atoms with Gasteiger partial charge in [0.1, 0.15) is 0 Å². The molecule has 2 saturated carbocycles. The first-order valence-electron chi connectivity index (χ1n) is 9.46. The van der Waals surface area contributed by atoms with E-state index in [0.29, 0.717) is 6.04 Å². The first-order valence-corrected chi connectivity index (χ1v) is 9.46. The topological polar surface area (TPSA) is 15.3 Å². The molecule has 0 spiro atoms. The molecule has 0 radical (unpaired) electrons. The van der Waals surface area contributed by atoms with Crippen LogP contribution in [-0.2, 0) is 0 Å². The SMILES string of the molecule is CC(C)C1CN(C(C)C2CC3CCC2C3)C(C(C)C)CN1. The van der Waals surface area contributed by atoms with Gasteiger partial charge in [0.2, 0.25) is 0 Å². The molecule has 3 fully saturated rings. The molecule has 3 aliphatic rings. The lowest BCUT2D eigenvalue weighted by Gasteiger charge is -2.49. The van der Waals surface area contributed by atoms with Crippen molar-refractivity contribution in [3.63, 3.8) is 0 Å². The Morgan fingerprint density at radius 1 is 0.952 bits per heavy atom. The van der Waals surface area contributed by atoms with E-state index >= 15 is 0 Å². The molecule has 2 bridgehead atoms. The molecule has 2 heteroatoms. The Balaban J connectivity index is 1.72. The van der Waals surface area contributed by atoms with Gasteiger partial charge >= 0.3 is 0 Å². The van der Waals surface area contributed by atoms with Crippen molar-refractivity contribution in [2.45, 2.75) is 78.4 Å². The molecule has 1 N–H and O–H groups in total. The van der Waals surface area contributed by atoms with E-state index in [4.69, 9.17) is 0 Å². The van der Waals surface area contributed by atoms with Crippen LogP contribution in [-0.4, -0.2) is 36.1 Å². The molecular weight excluding hydrogens is 256 g/mol. The number of nitrogens with one attached hydrogen (secondary N) is 1. The molecule has 1 saturated heterocycles. The molecule has 1 aliphatic heterocycles. The van der Waals surface area contributed by atoms with Crippen LogP contribution in [0.1, 0.15) is 60.3 Å². The zero-order chi connectivity index (χ0) is 15.1. The zero-order valence-electron chi connectivity index (χ0n) is 14.8. The van der Waals surface area contributed by atoms with E-state index in [1.807, 2.05) is 0 Å². The molecule has 1 heterocycles. The van der Waals surface area contributed by atoms with Gasteiger partial charge in [-0.15, -0.1) is 0 Å². The highest BCUT2D eigenvalue weighted by atomic mass is 15.3. The van der Waals surface area contributed by atoms with E-state index in [0.717, 1.165) is 41.7 Å². The molecule has 0 aromatic heterocycles. The molecular formula is C19H36N2. The minimum absolute atomic E-state index is 0.682. The molecule has 6 unspecified atom stereocenters. The maximum Gasteiger partial charge on any atom is 0.0247 e.